The van der Waals surface area contributed by atoms with Crippen LogP contribution in [0, 0.1) is 11.3 Å². The fourth-order valence-corrected chi connectivity index (χ4v) is 3.06. The molecular weight excluding hydrogens is 324 g/mol. The van der Waals surface area contributed by atoms with Crippen molar-refractivity contribution < 1.29 is 4.79 Å². The summed E-state index contributed by atoms with van der Waals surface area (Å²) < 4.78 is 0. The number of rotatable bonds is 5. The third kappa shape index (κ3) is 3.84. The summed E-state index contributed by atoms with van der Waals surface area (Å²) in [6.07, 6.45) is 2.82. The van der Waals surface area contributed by atoms with Gasteiger partial charge in [-0.25, -0.2) is 4.98 Å². The van der Waals surface area contributed by atoms with Crippen LogP contribution < -0.4 is 5.32 Å². The molecule has 1 aliphatic rings. The fourth-order valence-electron chi connectivity index (χ4n) is 2.85. The molecule has 24 heavy (non-hydrogen) atoms. The van der Waals surface area contributed by atoms with Crippen molar-refractivity contribution in [1.82, 2.24) is 9.88 Å². The molecule has 1 amide bonds. The first-order valence-electron chi connectivity index (χ1n) is 7.79. The lowest BCUT2D eigenvalue weighted by Crippen LogP contribution is -2.30. The molecule has 1 N–H and O–H groups in total. The van der Waals surface area contributed by atoms with E-state index in [-0.39, 0.29) is 11.9 Å². The van der Waals surface area contributed by atoms with Crippen LogP contribution in [-0.4, -0.2) is 34.9 Å². The maximum absolute atomic E-state index is 12.2. The topological polar surface area (TPSA) is 69.0 Å². The SMILES string of the molecule is N#Cc1cccnc1NC1CC(=O)N(CCc2cccc(Cl)c2)C1. The molecule has 1 aliphatic heterocycles. The number of benzene rings is 1. The van der Waals surface area contributed by atoms with Gasteiger partial charge in [0.25, 0.3) is 0 Å². The number of halogens is 1. The summed E-state index contributed by atoms with van der Waals surface area (Å²) in [4.78, 5) is 18.2. The Morgan fingerprint density at radius 2 is 2.25 bits per heavy atom. The average molecular weight is 341 g/mol. The average Bonchev–Trinajstić information content (AvgIpc) is 2.93. The third-order valence-corrected chi connectivity index (χ3v) is 4.28. The molecule has 2 aromatic rings. The molecule has 0 radical (unpaired) electrons. The summed E-state index contributed by atoms with van der Waals surface area (Å²) in [5, 5.41) is 13.0. The second kappa shape index (κ2) is 7.33. The Kier molecular flexibility index (Phi) is 4.97. The highest BCUT2D eigenvalue weighted by atomic mass is 35.5. The fraction of sp³-hybridized carbons (Fsp3) is 0.278. The molecule has 1 unspecified atom stereocenters. The van der Waals surface area contributed by atoms with Gasteiger partial charge in [-0.05, 0) is 36.2 Å². The first-order valence-corrected chi connectivity index (χ1v) is 8.17. The van der Waals surface area contributed by atoms with Crippen LogP contribution in [0.5, 0.6) is 0 Å². The van der Waals surface area contributed by atoms with E-state index < -0.39 is 0 Å². The van der Waals surface area contributed by atoms with Crippen molar-refractivity contribution in [2.75, 3.05) is 18.4 Å². The predicted molar refractivity (Wildman–Crippen MR) is 92.7 cm³/mol. The van der Waals surface area contributed by atoms with Crippen molar-refractivity contribution in [2.45, 2.75) is 18.9 Å². The van der Waals surface area contributed by atoms with Crippen molar-refractivity contribution in [2.24, 2.45) is 0 Å². The van der Waals surface area contributed by atoms with Gasteiger partial charge in [-0.1, -0.05) is 23.7 Å². The minimum absolute atomic E-state index is 0.0288. The van der Waals surface area contributed by atoms with Crippen molar-refractivity contribution >= 4 is 23.3 Å². The zero-order chi connectivity index (χ0) is 16.9. The number of pyridine rings is 1. The molecule has 5 nitrogen and oxygen atoms in total. The summed E-state index contributed by atoms with van der Waals surface area (Å²) in [6.45, 7) is 1.27. The van der Waals surface area contributed by atoms with Crippen molar-refractivity contribution in [1.29, 1.82) is 5.26 Å². The van der Waals surface area contributed by atoms with Crippen molar-refractivity contribution in [3.05, 3.63) is 58.7 Å². The second-order valence-electron chi connectivity index (χ2n) is 5.78. The first-order chi connectivity index (χ1) is 11.7. The normalized spacial score (nSPS) is 16.9. The molecule has 1 aromatic heterocycles. The number of hydrogen-bond donors (Lipinski definition) is 1. The molecule has 2 heterocycles. The highest BCUT2D eigenvalue weighted by Gasteiger charge is 2.29. The molecule has 0 saturated carbocycles. The van der Waals surface area contributed by atoms with E-state index in [4.69, 9.17) is 16.9 Å². The minimum atomic E-state index is -0.0288. The lowest BCUT2D eigenvalue weighted by atomic mass is 10.1. The van der Waals surface area contributed by atoms with Crippen LogP contribution in [0.15, 0.2) is 42.6 Å². The number of nitrogens with one attached hydrogen (secondary N) is 1. The van der Waals surface area contributed by atoms with E-state index in [2.05, 4.69) is 16.4 Å². The molecule has 1 saturated heterocycles. The standard InChI is InChI=1S/C18H17ClN4O/c19-15-5-1-3-13(9-15)6-8-23-12-16(10-17(23)24)22-18-14(11-20)4-2-7-21-18/h1-5,7,9,16H,6,8,10,12H2,(H,21,22). The Labute approximate surface area is 145 Å². The zero-order valence-corrected chi connectivity index (χ0v) is 13.8. The van der Waals surface area contributed by atoms with E-state index in [9.17, 15) is 4.79 Å². The van der Waals surface area contributed by atoms with Gasteiger partial charge in [0, 0.05) is 30.7 Å². The maximum atomic E-state index is 12.2. The number of amides is 1. The number of nitrogens with zero attached hydrogens (tertiary/aromatic N) is 3. The molecule has 0 bridgehead atoms. The molecule has 1 aromatic carbocycles. The number of carbonyl (C=O) groups is 1. The van der Waals surface area contributed by atoms with Gasteiger partial charge in [0.05, 0.1) is 11.6 Å². The van der Waals surface area contributed by atoms with Crippen LogP contribution in [0.4, 0.5) is 5.82 Å². The van der Waals surface area contributed by atoms with E-state index in [1.807, 2.05) is 29.2 Å². The molecule has 122 valence electrons. The van der Waals surface area contributed by atoms with Gasteiger partial charge in [-0.2, -0.15) is 5.26 Å². The number of carbonyl (C=O) groups excluding carboxylic acids is 1. The minimum Gasteiger partial charge on any atom is -0.364 e. The Balaban J connectivity index is 1.58. The summed E-state index contributed by atoms with van der Waals surface area (Å²) in [5.41, 5.74) is 1.60. The highest BCUT2D eigenvalue weighted by Crippen LogP contribution is 2.19. The predicted octanol–water partition coefficient (Wildman–Crippen LogP) is 2.86. The maximum Gasteiger partial charge on any atom is 0.224 e. The number of hydrogen-bond acceptors (Lipinski definition) is 4. The quantitative estimate of drug-likeness (QED) is 0.908. The van der Waals surface area contributed by atoms with Gasteiger partial charge >= 0.3 is 0 Å². The number of likely N-dealkylation sites (tertiary alicyclic amines) is 1. The summed E-state index contributed by atoms with van der Waals surface area (Å²) in [6, 6.07) is 13.2. The van der Waals surface area contributed by atoms with Gasteiger partial charge in [0.15, 0.2) is 0 Å². The molecular formula is C18H17ClN4O. The molecule has 1 atom stereocenters. The zero-order valence-electron chi connectivity index (χ0n) is 13.1. The monoisotopic (exact) mass is 340 g/mol. The lowest BCUT2D eigenvalue weighted by Gasteiger charge is -2.17. The van der Waals surface area contributed by atoms with E-state index in [1.54, 1.807) is 18.3 Å². The van der Waals surface area contributed by atoms with Gasteiger partial charge in [0.1, 0.15) is 11.9 Å². The van der Waals surface area contributed by atoms with E-state index in [1.165, 1.54) is 0 Å². The summed E-state index contributed by atoms with van der Waals surface area (Å²) in [5.74, 6) is 0.651. The number of anilines is 1. The van der Waals surface area contributed by atoms with Crippen LogP contribution in [0.3, 0.4) is 0 Å². The molecule has 0 aliphatic carbocycles. The third-order valence-electron chi connectivity index (χ3n) is 4.04. The van der Waals surface area contributed by atoms with Crippen LogP contribution in [0.25, 0.3) is 0 Å². The van der Waals surface area contributed by atoms with Crippen LogP contribution in [0.2, 0.25) is 5.02 Å². The smallest absolute Gasteiger partial charge is 0.224 e. The lowest BCUT2D eigenvalue weighted by molar-refractivity contribution is -0.127. The Morgan fingerprint density at radius 1 is 1.38 bits per heavy atom. The number of aromatic nitrogens is 1. The summed E-state index contributed by atoms with van der Waals surface area (Å²) in [7, 11) is 0. The van der Waals surface area contributed by atoms with Crippen LogP contribution in [0.1, 0.15) is 17.5 Å². The summed E-state index contributed by atoms with van der Waals surface area (Å²) >= 11 is 5.99. The molecule has 1 fully saturated rings. The first kappa shape index (κ1) is 16.3. The molecule has 0 spiro atoms. The Morgan fingerprint density at radius 3 is 3.04 bits per heavy atom. The molecule has 3 rings (SSSR count). The largest absolute Gasteiger partial charge is 0.364 e. The van der Waals surface area contributed by atoms with E-state index in [0.29, 0.717) is 35.9 Å². The Hall–Kier alpha value is -2.58. The van der Waals surface area contributed by atoms with E-state index >= 15 is 0 Å². The second-order valence-corrected chi connectivity index (χ2v) is 6.21. The highest BCUT2D eigenvalue weighted by molar-refractivity contribution is 6.30. The van der Waals surface area contributed by atoms with Gasteiger partial charge in [-0.3, -0.25) is 4.79 Å². The van der Waals surface area contributed by atoms with E-state index in [0.717, 1.165) is 12.0 Å². The van der Waals surface area contributed by atoms with Gasteiger partial charge < -0.3 is 10.2 Å². The number of nitriles is 1. The van der Waals surface area contributed by atoms with Gasteiger partial charge in [-0.15, -0.1) is 0 Å². The van der Waals surface area contributed by atoms with Crippen LogP contribution >= 0.6 is 11.6 Å². The van der Waals surface area contributed by atoms with Crippen molar-refractivity contribution in [3.8, 4) is 6.07 Å². The van der Waals surface area contributed by atoms with Gasteiger partial charge in [0.2, 0.25) is 5.91 Å². The Bertz CT molecular complexity index is 787. The van der Waals surface area contributed by atoms with Crippen LogP contribution in [-0.2, 0) is 11.2 Å². The van der Waals surface area contributed by atoms with Crippen molar-refractivity contribution in [3.63, 3.8) is 0 Å². The molecule has 6 heteroatoms.